The van der Waals surface area contributed by atoms with Gasteiger partial charge in [0.15, 0.2) is 0 Å². The van der Waals surface area contributed by atoms with Crippen LogP contribution in [0.1, 0.15) is 22.8 Å². The van der Waals surface area contributed by atoms with Crippen molar-refractivity contribution in [3.8, 4) is 89.0 Å². The van der Waals surface area contributed by atoms with Gasteiger partial charge in [0.2, 0.25) is 0 Å². The van der Waals surface area contributed by atoms with Crippen LogP contribution >= 0.6 is 0 Å². The first-order chi connectivity index (χ1) is 37.2. The van der Waals surface area contributed by atoms with Gasteiger partial charge in [0.05, 0.1) is 22.8 Å². The number of hydrogen-bond acceptors (Lipinski definition) is 6. The highest BCUT2D eigenvalue weighted by atomic mass is 14.8. The maximum atomic E-state index is 6.08. The van der Waals surface area contributed by atoms with Crippen LogP contribution in [0.4, 0.5) is 22.7 Å². The van der Waals surface area contributed by atoms with E-state index in [1.807, 2.05) is 48.5 Å². The quantitative estimate of drug-likeness (QED) is 0.0831. The number of nitrogen functional groups attached to an aromatic ring is 4. The summed E-state index contributed by atoms with van der Waals surface area (Å²) in [5.74, 6) is 0. The first-order valence-corrected chi connectivity index (χ1v) is 25.3. The minimum Gasteiger partial charge on any atom is -0.399 e. The normalized spacial score (nSPS) is 11.8. The lowest BCUT2D eigenvalue weighted by Crippen LogP contribution is -1.90. The van der Waals surface area contributed by atoms with Crippen LogP contribution in [0.25, 0.3) is 135 Å². The molecule has 0 fully saturated rings. The Morgan fingerprint density at radius 2 is 0.355 bits per heavy atom. The molecule has 8 nitrogen and oxygen atoms in total. The fourth-order valence-corrected chi connectivity index (χ4v) is 10.4. The highest BCUT2D eigenvalue weighted by Crippen LogP contribution is 2.40. The largest absolute Gasteiger partial charge is 0.399 e. The van der Waals surface area contributed by atoms with Crippen molar-refractivity contribution in [3.63, 3.8) is 0 Å². The van der Waals surface area contributed by atoms with Gasteiger partial charge in [-0.15, -0.1) is 0 Å². The van der Waals surface area contributed by atoms with E-state index in [0.29, 0.717) is 0 Å². The van der Waals surface area contributed by atoms with Crippen molar-refractivity contribution >= 4 is 69.1 Å². The van der Waals surface area contributed by atoms with Crippen LogP contribution in [0.5, 0.6) is 0 Å². The topological polar surface area (TPSA) is 161 Å². The number of nitrogens with one attached hydrogen (secondary N) is 2. The van der Waals surface area contributed by atoms with Crippen molar-refractivity contribution in [2.45, 2.75) is 0 Å². The second-order valence-electron chi connectivity index (χ2n) is 19.3. The van der Waals surface area contributed by atoms with E-state index in [-0.39, 0.29) is 0 Å². The predicted molar refractivity (Wildman–Crippen MR) is 320 cm³/mol. The minimum absolute atomic E-state index is 0.730. The van der Waals surface area contributed by atoms with Crippen LogP contribution in [0.3, 0.4) is 0 Å². The summed E-state index contributed by atoms with van der Waals surface area (Å²) in [6.45, 7) is 0. The molecule has 2 aliphatic heterocycles. The third-order valence-electron chi connectivity index (χ3n) is 14.4. The SMILES string of the molecule is Nc1ccc(-c2ccc(-c3c4nc(c(-c5ccc(-c6ccc(N)cc6)cc5)c5ccc([nH]5)c(-c5ccc(-c6ccc(N)cc6)cc5)c5nc(c(-c6ccc(-c7ccc(N)cc7)cc6)c6ccc3[nH]6)C=C5)C=C4)cc2)cc1. The minimum atomic E-state index is 0.730. The van der Waals surface area contributed by atoms with Gasteiger partial charge in [0.25, 0.3) is 0 Å². The highest BCUT2D eigenvalue weighted by molar-refractivity contribution is 6.00. The zero-order valence-corrected chi connectivity index (χ0v) is 41.3. The van der Waals surface area contributed by atoms with E-state index >= 15 is 0 Å². The Morgan fingerprint density at radius 1 is 0.197 bits per heavy atom. The third kappa shape index (κ3) is 8.65. The second kappa shape index (κ2) is 18.9. The number of fused-ring (bicyclic) bond motifs is 8. The van der Waals surface area contributed by atoms with Crippen molar-refractivity contribution in [1.82, 2.24) is 19.9 Å². The fourth-order valence-electron chi connectivity index (χ4n) is 10.4. The maximum absolute atomic E-state index is 6.08. The Morgan fingerprint density at radius 3 is 0.539 bits per heavy atom. The van der Waals surface area contributed by atoms with E-state index in [1.54, 1.807) is 0 Å². The van der Waals surface area contributed by atoms with Gasteiger partial charge in [-0.25, -0.2) is 9.97 Å². The molecular weight excluding hydrogens is 929 g/mol. The summed E-state index contributed by atoms with van der Waals surface area (Å²) >= 11 is 0. The molecule has 3 aromatic heterocycles. The summed E-state index contributed by atoms with van der Waals surface area (Å²) < 4.78 is 0. The number of nitrogens with zero attached hydrogens (tertiary/aromatic N) is 2. The summed E-state index contributed by atoms with van der Waals surface area (Å²) in [5, 5.41) is 0. The van der Waals surface area contributed by atoms with Crippen molar-refractivity contribution in [3.05, 3.63) is 241 Å². The van der Waals surface area contributed by atoms with Gasteiger partial charge < -0.3 is 32.9 Å². The molecule has 10 N–H and O–H groups in total. The molecule has 5 heterocycles. The molecule has 362 valence electrons. The lowest BCUT2D eigenvalue weighted by atomic mass is 9.99. The number of anilines is 4. The third-order valence-corrected chi connectivity index (χ3v) is 14.4. The van der Waals surface area contributed by atoms with Crippen LogP contribution in [0.2, 0.25) is 0 Å². The summed E-state index contributed by atoms with van der Waals surface area (Å²) in [6, 6.07) is 75.3. The Labute approximate surface area is 440 Å². The van der Waals surface area contributed by atoms with Crippen LogP contribution in [0.15, 0.2) is 218 Å². The summed E-state index contributed by atoms with van der Waals surface area (Å²) in [5.41, 5.74) is 50.8. The van der Waals surface area contributed by atoms with Crippen LogP contribution in [-0.2, 0) is 0 Å². The number of aromatic amines is 2. The van der Waals surface area contributed by atoms with Gasteiger partial charge in [-0.05, 0) is 164 Å². The first kappa shape index (κ1) is 45.4. The summed E-state index contributed by atoms with van der Waals surface area (Å²) in [7, 11) is 0. The van der Waals surface area contributed by atoms with Crippen molar-refractivity contribution in [2.75, 3.05) is 22.9 Å². The molecule has 11 aromatic rings. The maximum Gasteiger partial charge on any atom is 0.0737 e. The molecule has 2 aliphatic rings. The molecular formula is C68H50N8. The van der Waals surface area contributed by atoms with E-state index in [4.69, 9.17) is 32.9 Å². The monoisotopic (exact) mass is 978 g/mol. The summed E-state index contributed by atoms with van der Waals surface area (Å²) in [6.07, 6.45) is 8.54. The van der Waals surface area contributed by atoms with E-state index in [1.165, 1.54) is 0 Å². The van der Waals surface area contributed by atoms with Crippen LogP contribution in [0, 0.1) is 0 Å². The number of benzene rings is 8. The van der Waals surface area contributed by atoms with Gasteiger partial charge in [-0.2, -0.15) is 0 Å². The van der Waals surface area contributed by atoms with E-state index < -0.39 is 0 Å². The molecule has 8 aromatic carbocycles. The van der Waals surface area contributed by atoms with E-state index in [2.05, 4.69) is 204 Å². The molecule has 8 heteroatoms. The number of nitrogens with two attached hydrogens (primary N) is 4. The zero-order valence-electron chi connectivity index (χ0n) is 41.3. The molecule has 0 saturated carbocycles. The van der Waals surface area contributed by atoms with Gasteiger partial charge in [-0.1, -0.05) is 146 Å². The average Bonchev–Trinajstić information content (AvgIpc) is 4.33. The lowest BCUT2D eigenvalue weighted by Gasteiger charge is -2.09. The number of rotatable bonds is 8. The Kier molecular flexibility index (Phi) is 11.3. The van der Waals surface area contributed by atoms with Crippen molar-refractivity contribution < 1.29 is 0 Å². The molecule has 0 spiro atoms. The number of aromatic nitrogens is 4. The standard InChI is InChI=1S/C68H50N8/c69-53-25-17-45(18-26-53)41-1-9-49(10-2-41)65-57-33-35-59(73-57)66(50-11-3-42(4-12-50)46-19-27-54(70)28-20-46)61-37-39-63(75-61)68(52-15-7-44(8-16-52)48-23-31-56(72)32-24-48)64-40-38-62(76-64)67(60-36-34-58(65)74-60)51-13-5-43(6-14-51)47-21-29-55(71)30-22-47/h1-40,73,76H,69-72H2. The highest BCUT2D eigenvalue weighted by Gasteiger charge is 2.20. The molecule has 13 rings (SSSR count). The first-order valence-electron chi connectivity index (χ1n) is 25.3. The molecule has 8 bridgehead atoms. The predicted octanol–water partition coefficient (Wildman–Crippen LogP) is 16.3. The summed E-state index contributed by atoms with van der Waals surface area (Å²) in [4.78, 5) is 19.0. The molecule has 0 saturated heterocycles. The van der Waals surface area contributed by atoms with Gasteiger partial charge in [0.1, 0.15) is 0 Å². The fraction of sp³-hybridized carbons (Fsp3) is 0. The van der Waals surface area contributed by atoms with Gasteiger partial charge in [0, 0.05) is 67.1 Å². The molecule has 0 radical (unpaired) electrons. The van der Waals surface area contributed by atoms with Crippen molar-refractivity contribution in [2.24, 2.45) is 0 Å². The van der Waals surface area contributed by atoms with E-state index in [9.17, 15) is 0 Å². The Balaban J connectivity index is 1.08. The van der Waals surface area contributed by atoms with Gasteiger partial charge in [-0.3, -0.25) is 0 Å². The zero-order chi connectivity index (χ0) is 51.3. The van der Waals surface area contributed by atoms with Crippen LogP contribution in [-0.4, -0.2) is 19.9 Å². The molecule has 0 unspecified atom stereocenters. The molecule has 0 aliphatic carbocycles. The number of hydrogen-bond donors (Lipinski definition) is 6. The second-order valence-corrected chi connectivity index (χ2v) is 19.3. The smallest absolute Gasteiger partial charge is 0.0737 e. The van der Waals surface area contributed by atoms with Gasteiger partial charge >= 0.3 is 0 Å². The number of H-pyrrole nitrogens is 2. The Hall–Kier alpha value is -10.4. The van der Waals surface area contributed by atoms with E-state index in [0.717, 1.165) is 157 Å². The molecule has 0 atom stereocenters. The molecule has 76 heavy (non-hydrogen) atoms. The van der Waals surface area contributed by atoms with Crippen molar-refractivity contribution in [1.29, 1.82) is 0 Å². The lowest BCUT2D eigenvalue weighted by molar-refractivity contribution is 1.31. The average molecular weight is 979 g/mol. The van der Waals surface area contributed by atoms with Crippen LogP contribution < -0.4 is 22.9 Å². The molecule has 0 amide bonds. The Bertz CT molecular complexity index is 3680.